The predicted molar refractivity (Wildman–Crippen MR) is 90.0 cm³/mol. The number of nitrogens with one attached hydrogen (secondary N) is 1. The van der Waals surface area contributed by atoms with Crippen LogP contribution in [0.25, 0.3) is 0 Å². The number of aliphatic hydroxyl groups excluding tert-OH is 1. The van der Waals surface area contributed by atoms with Crippen molar-refractivity contribution in [2.24, 2.45) is 0 Å². The number of benzene rings is 1. The van der Waals surface area contributed by atoms with Crippen LogP contribution in [-0.4, -0.2) is 26.7 Å². The Bertz CT molecular complexity index is 669. The second kappa shape index (κ2) is 8.08. The van der Waals surface area contributed by atoms with Gasteiger partial charge in [-0.25, -0.2) is 13.1 Å². The van der Waals surface area contributed by atoms with Crippen LogP contribution in [0.4, 0.5) is 0 Å². The third-order valence-electron chi connectivity index (χ3n) is 3.33. The summed E-state index contributed by atoms with van der Waals surface area (Å²) in [5.41, 5.74) is 0. The first-order valence-electron chi connectivity index (χ1n) is 6.92. The van der Waals surface area contributed by atoms with Crippen LogP contribution >= 0.6 is 22.9 Å². The summed E-state index contributed by atoms with van der Waals surface area (Å²) in [7, 11) is -3.52. The molecule has 120 valence electrons. The number of aliphatic hydroxyl groups is 1. The van der Waals surface area contributed by atoms with Gasteiger partial charge in [-0.3, -0.25) is 0 Å². The van der Waals surface area contributed by atoms with Crippen LogP contribution in [0.5, 0.6) is 0 Å². The average Bonchev–Trinajstić information content (AvgIpc) is 3.01. The molecule has 0 bridgehead atoms. The first kappa shape index (κ1) is 17.4. The molecule has 0 radical (unpaired) electrons. The highest BCUT2D eigenvalue weighted by molar-refractivity contribution is 7.89. The van der Waals surface area contributed by atoms with Crippen LogP contribution in [0, 0.1) is 0 Å². The molecule has 7 heteroatoms. The van der Waals surface area contributed by atoms with Gasteiger partial charge in [-0.05, 0) is 54.5 Å². The lowest BCUT2D eigenvalue weighted by Crippen LogP contribution is -2.26. The summed E-state index contributed by atoms with van der Waals surface area (Å²) in [6.07, 6.45) is 1.27. The first-order valence-corrected chi connectivity index (χ1v) is 9.66. The second-order valence-electron chi connectivity index (χ2n) is 4.86. The van der Waals surface area contributed by atoms with E-state index in [9.17, 15) is 8.42 Å². The van der Waals surface area contributed by atoms with Crippen molar-refractivity contribution in [3.8, 4) is 0 Å². The highest BCUT2D eigenvalue weighted by atomic mass is 35.5. The number of rotatable bonds is 8. The molecule has 0 fully saturated rings. The Morgan fingerprint density at radius 2 is 1.91 bits per heavy atom. The average molecular weight is 360 g/mol. The van der Waals surface area contributed by atoms with Gasteiger partial charge in [0, 0.05) is 23.1 Å². The van der Waals surface area contributed by atoms with Crippen LogP contribution in [-0.2, 0) is 10.0 Å². The molecule has 1 unspecified atom stereocenters. The van der Waals surface area contributed by atoms with Crippen molar-refractivity contribution in [1.82, 2.24) is 4.72 Å². The smallest absolute Gasteiger partial charge is 0.240 e. The van der Waals surface area contributed by atoms with Crippen molar-refractivity contribution in [1.29, 1.82) is 0 Å². The molecule has 0 saturated heterocycles. The van der Waals surface area contributed by atoms with Crippen LogP contribution in [0.1, 0.15) is 23.6 Å². The molecule has 1 aromatic heterocycles. The standard InChI is InChI=1S/C15H18ClNO3S2/c16-13-3-5-14(6-4-13)22(19,20)17-9-7-12(8-10-18)15-2-1-11-21-15/h1-6,11-12,17-18H,7-10H2. The van der Waals surface area contributed by atoms with Gasteiger partial charge in [-0.15, -0.1) is 11.3 Å². The summed E-state index contributed by atoms with van der Waals surface area (Å²) in [4.78, 5) is 1.37. The number of hydrogen-bond acceptors (Lipinski definition) is 4. The predicted octanol–water partition coefficient (Wildman–Crippen LogP) is 3.24. The first-order chi connectivity index (χ1) is 10.5. The van der Waals surface area contributed by atoms with E-state index in [1.165, 1.54) is 17.0 Å². The Morgan fingerprint density at radius 1 is 1.18 bits per heavy atom. The van der Waals surface area contributed by atoms with E-state index >= 15 is 0 Å². The zero-order valence-corrected chi connectivity index (χ0v) is 14.3. The molecule has 1 aromatic carbocycles. The largest absolute Gasteiger partial charge is 0.396 e. The van der Waals surface area contributed by atoms with Crippen molar-refractivity contribution < 1.29 is 13.5 Å². The fraction of sp³-hybridized carbons (Fsp3) is 0.333. The molecule has 22 heavy (non-hydrogen) atoms. The lowest BCUT2D eigenvalue weighted by molar-refractivity contribution is 0.273. The lowest BCUT2D eigenvalue weighted by Gasteiger charge is -2.14. The van der Waals surface area contributed by atoms with Crippen LogP contribution in [0.15, 0.2) is 46.7 Å². The van der Waals surface area contributed by atoms with Gasteiger partial charge >= 0.3 is 0 Å². The maximum Gasteiger partial charge on any atom is 0.240 e. The van der Waals surface area contributed by atoms with E-state index in [2.05, 4.69) is 4.72 Å². The fourth-order valence-corrected chi connectivity index (χ4v) is 4.25. The zero-order valence-electron chi connectivity index (χ0n) is 11.9. The second-order valence-corrected chi connectivity index (χ2v) is 8.05. The normalized spacial score (nSPS) is 13.2. The van der Waals surface area contributed by atoms with Gasteiger partial charge in [0.1, 0.15) is 0 Å². The van der Waals surface area contributed by atoms with Gasteiger partial charge in [0.15, 0.2) is 0 Å². The van der Waals surface area contributed by atoms with Crippen LogP contribution in [0.2, 0.25) is 5.02 Å². The fourth-order valence-electron chi connectivity index (χ4n) is 2.17. The minimum Gasteiger partial charge on any atom is -0.396 e. The van der Waals surface area contributed by atoms with Gasteiger partial charge in [-0.1, -0.05) is 17.7 Å². The summed E-state index contributed by atoms with van der Waals surface area (Å²) in [5.74, 6) is 0.165. The van der Waals surface area contributed by atoms with Gasteiger partial charge in [0.2, 0.25) is 10.0 Å². The van der Waals surface area contributed by atoms with Crippen molar-refractivity contribution in [2.75, 3.05) is 13.2 Å². The maximum atomic E-state index is 12.2. The molecule has 2 N–H and O–H groups in total. The molecule has 4 nitrogen and oxygen atoms in total. The molecule has 0 aliphatic heterocycles. The Labute approximate surface area is 139 Å². The van der Waals surface area contributed by atoms with Gasteiger partial charge < -0.3 is 5.11 Å². The molecule has 0 aliphatic carbocycles. The molecule has 2 rings (SSSR count). The van der Waals surface area contributed by atoms with E-state index in [0.29, 0.717) is 24.4 Å². The summed E-state index contributed by atoms with van der Waals surface area (Å²) >= 11 is 7.39. The molecule has 0 aliphatic rings. The molecule has 0 saturated carbocycles. The van der Waals surface area contributed by atoms with Crippen molar-refractivity contribution in [2.45, 2.75) is 23.7 Å². The summed E-state index contributed by atoms with van der Waals surface area (Å²) in [6, 6.07) is 10.0. The molecule has 1 atom stereocenters. The SMILES string of the molecule is O=S(=O)(NCCC(CCO)c1cccs1)c1ccc(Cl)cc1. The Kier molecular flexibility index (Phi) is 6.40. The van der Waals surface area contributed by atoms with Crippen LogP contribution in [0.3, 0.4) is 0 Å². The van der Waals surface area contributed by atoms with Crippen molar-refractivity contribution >= 4 is 33.0 Å². The summed E-state index contributed by atoms with van der Waals surface area (Å²) < 4.78 is 26.9. The Morgan fingerprint density at radius 3 is 2.50 bits per heavy atom. The molecule has 2 aromatic rings. The quantitative estimate of drug-likeness (QED) is 0.760. The highest BCUT2D eigenvalue weighted by Crippen LogP contribution is 2.27. The van der Waals surface area contributed by atoms with Crippen molar-refractivity contribution in [3.63, 3.8) is 0 Å². The van der Waals surface area contributed by atoms with E-state index in [0.717, 1.165) is 0 Å². The summed E-state index contributed by atoms with van der Waals surface area (Å²) in [6.45, 7) is 0.417. The van der Waals surface area contributed by atoms with Gasteiger partial charge in [0.25, 0.3) is 0 Å². The van der Waals surface area contributed by atoms with E-state index < -0.39 is 10.0 Å². The maximum absolute atomic E-state index is 12.2. The lowest BCUT2D eigenvalue weighted by atomic mass is 10.0. The number of halogens is 1. The minimum absolute atomic E-state index is 0.0898. The topological polar surface area (TPSA) is 66.4 Å². The monoisotopic (exact) mass is 359 g/mol. The van der Waals surface area contributed by atoms with E-state index in [1.54, 1.807) is 23.5 Å². The third-order valence-corrected chi connectivity index (χ3v) is 6.10. The van der Waals surface area contributed by atoms with E-state index in [4.69, 9.17) is 16.7 Å². The molecule has 1 heterocycles. The minimum atomic E-state index is -3.52. The molecular formula is C15H18ClNO3S2. The Balaban J connectivity index is 1.95. The number of thiophene rings is 1. The van der Waals surface area contributed by atoms with Gasteiger partial charge in [-0.2, -0.15) is 0 Å². The summed E-state index contributed by atoms with van der Waals surface area (Å²) in [5, 5.41) is 11.6. The van der Waals surface area contributed by atoms with E-state index in [1.807, 2.05) is 17.5 Å². The molecular weight excluding hydrogens is 342 g/mol. The zero-order chi connectivity index (χ0) is 16.0. The number of sulfonamides is 1. The third kappa shape index (κ3) is 4.79. The number of hydrogen-bond donors (Lipinski definition) is 2. The van der Waals surface area contributed by atoms with Crippen LogP contribution < -0.4 is 4.72 Å². The molecule has 0 amide bonds. The Hall–Kier alpha value is -0.920. The van der Waals surface area contributed by atoms with Gasteiger partial charge in [0.05, 0.1) is 4.90 Å². The van der Waals surface area contributed by atoms with Crippen molar-refractivity contribution in [3.05, 3.63) is 51.7 Å². The highest BCUT2D eigenvalue weighted by Gasteiger charge is 2.16. The van der Waals surface area contributed by atoms with E-state index in [-0.39, 0.29) is 17.4 Å². The molecule has 0 spiro atoms.